The summed E-state index contributed by atoms with van der Waals surface area (Å²) in [6, 6.07) is 6.89. The molecule has 0 saturated carbocycles. The minimum absolute atomic E-state index is 0.0296. The molecule has 1 aromatic rings. The Kier molecular flexibility index (Phi) is 5.83. The summed E-state index contributed by atoms with van der Waals surface area (Å²) >= 11 is 5.85. The molecule has 1 aromatic carbocycles. The fourth-order valence-electron chi connectivity index (χ4n) is 2.60. The molecule has 2 amide bonds. The second-order valence-electron chi connectivity index (χ2n) is 6.24. The van der Waals surface area contributed by atoms with E-state index in [0.29, 0.717) is 36.1 Å². The van der Waals surface area contributed by atoms with Crippen LogP contribution >= 0.6 is 11.6 Å². The number of hydrogen-bond donors (Lipinski definition) is 1. The number of hydrogen-bond acceptors (Lipinski definition) is 2. The number of halogens is 1. The van der Waals surface area contributed by atoms with Crippen LogP contribution in [-0.2, 0) is 4.79 Å². The molecule has 2 rings (SSSR count). The molecule has 0 aromatic heterocycles. The molecule has 1 unspecified atom stereocenters. The molecule has 22 heavy (non-hydrogen) atoms. The zero-order chi connectivity index (χ0) is 16.1. The van der Waals surface area contributed by atoms with Crippen LogP contribution in [0.4, 0.5) is 0 Å². The van der Waals surface area contributed by atoms with E-state index in [9.17, 15) is 9.59 Å². The second kappa shape index (κ2) is 7.63. The zero-order valence-electron chi connectivity index (χ0n) is 13.1. The highest BCUT2D eigenvalue weighted by molar-refractivity contribution is 6.30. The van der Waals surface area contributed by atoms with E-state index in [-0.39, 0.29) is 17.7 Å². The van der Waals surface area contributed by atoms with Crippen molar-refractivity contribution in [3.63, 3.8) is 0 Å². The van der Waals surface area contributed by atoms with Crippen molar-refractivity contribution in [3.8, 4) is 0 Å². The molecule has 1 fully saturated rings. The smallest absolute Gasteiger partial charge is 0.253 e. The molecular formula is C17H23ClN2O2. The van der Waals surface area contributed by atoms with Crippen LogP contribution in [0.3, 0.4) is 0 Å². The zero-order valence-corrected chi connectivity index (χ0v) is 13.9. The van der Waals surface area contributed by atoms with Gasteiger partial charge < -0.3 is 10.2 Å². The van der Waals surface area contributed by atoms with E-state index in [4.69, 9.17) is 11.6 Å². The molecule has 0 aliphatic carbocycles. The van der Waals surface area contributed by atoms with Gasteiger partial charge in [-0.1, -0.05) is 25.4 Å². The topological polar surface area (TPSA) is 49.4 Å². The number of nitrogens with one attached hydrogen (secondary N) is 1. The van der Waals surface area contributed by atoms with Gasteiger partial charge in [0.05, 0.1) is 5.92 Å². The molecule has 120 valence electrons. The highest BCUT2D eigenvalue weighted by Gasteiger charge is 2.28. The molecule has 1 N–H and O–H groups in total. The number of amides is 2. The quantitative estimate of drug-likeness (QED) is 0.926. The van der Waals surface area contributed by atoms with Crippen molar-refractivity contribution in [2.75, 3.05) is 19.6 Å². The molecule has 1 saturated heterocycles. The maximum Gasteiger partial charge on any atom is 0.253 e. The summed E-state index contributed by atoms with van der Waals surface area (Å²) in [6.45, 7) is 6.01. The van der Waals surface area contributed by atoms with Crippen molar-refractivity contribution < 1.29 is 9.59 Å². The predicted molar refractivity (Wildman–Crippen MR) is 87.9 cm³/mol. The van der Waals surface area contributed by atoms with Gasteiger partial charge in [0.25, 0.3) is 5.91 Å². The van der Waals surface area contributed by atoms with Gasteiger partial charge in [-0.25, -0.2) is 0 Å². The third kappa shape index (κ3) is 4.47. The van der Waals surface area contributed by atoms with Crippen molar-refractivity contribution in [1.29, 1.82) is 0 Å². The third-order valence-electron chi connectivity index (χ3n) is 3.86. The van der Waals surface area contributed by atoms with E-state index in [1.807, 2.05) is 0 Å². The minimum Gasteiger partial charge on any atom is -0.356 e. The molecule has 4 nitrogen and oxygen atoms in total. The van der Waals surface area contributed by atoms with Crippen molar-refractivity contribution >= 4 is 23.4 Å². The molecule has 5 heteroatoms. The fraction of sp³-hybridized carbons (Fsp3) is 0.529. The van der Waals surface area contributed by atoms with Gasteiger partial charge in [0.15, 0.2) is 0 Å². The van der Waals surface area contributed by atoms with E-state index in [1.165, 1.54) is 0 Å². The van der Waals surface area contributed by atoms with Crippen LogP contribution in [0, 0.1) is 11.8 Å². The minimum atomic E-state index is -0.108. The van der Waals surface area contributed by atoms with E-state index in [1.54, 1.807) is 29.2 Å². The van der Waals surface area contributed by atoms with Gasteiger partial charge in [-0.15, -0.1) is 0 Å². The molecule has 0 spiro atoms. The number of carbonyl (C=O) groups is 2. The fourth-order valence-corrected chi connectivity index (χ4v) is 2.73. The summed E-state index contributed by atoms with van der Waals surface area (Å²) in [5.41, 5.74) is 0.618. The van der Waals surface area contributed by atoms with E-state index >= 15 is 0 Å². The highest BCUT2D eigenvalue weighted by atomic mass is 35.5. The summed E-state index contributed by atoms with van der Waals surface area (Å²) in [4.78, 5) is 26.5. The lowest BCUT2D eigenvalue weighted by Gasteiger charge is -2.32. The number of nitrogens with zero attached hydrogens (tertiary/aromatic N) is 1. The largest absolute Gasteiger partial charge is 0.356 e. The highest BCUT2D eigenvalue weighted by Crippen LogP contribution is 2.20. The number of likely N-dealkylation sites (tertiary alicyclic amines) is 1. The van der Waals surface area contributed by atoms with Crippen molar-refractivity contribution in [3.05, 3.63) is 34.9 Å². The summed E-state index contributed by atoms with van der Waals surface area (Å²) in [5.74, 6) is 0.350. The molecule has 1 aliphatic rings. The van der Waals surface area contributed by atoms with Crippen LogP contribution < -0.4 is 5.32 Å². The Hall–Kier alpha value is -1.55. The summed E-state index contributed by atoms with van der Waals surface area (Å²) in [5, 5.41) is 3.58. The Balaban J connectivity index is 1.96. The van der Waals surface area contributed by atoms with Gasteiger partial charge in [0.1, 0.15) is 0 Å². The predicted octanol–water partition coefficient (Wildman–Crippen LogP) is 2.96. The monoisotopic (exact) mass is 322 g/mol. The summed E-state index contributed by atoms with van der Waals surface area (Å²) in [7, 11) is 0. The van der Waals surface area contributed by atoms with Crippen LogP contribution in [0.5, 0.6) is 0 Å². The van der Waals surface area contributed by atoms with Crippen LogP contribution in [0.1, 0.15) is 37.0 Å². The van der Waals surface area contributed by atoms with Gasteiger partial charge in [-0.05, 0) is 43.0 Å². The van der Waals surface area contributed by atoms with Crippen molar-refractivity contribution in [1.82, 2.24) is 10.2 Å². The van der Waals surface area contributed by atoms with E-state index in [2.05, 4.69) is 19.2 Å². The molecule has 1 atom stereocenters. The van der Waals surface area contributed by atoms with Crippen LogP contribution in [0.2, 0.25) is 5.02 Å². The lowest BCUT2D eigenvalue weighted by Crippen LogP contribution is -2.46. The average Bonchev–Trinajstić information content (AvgIpc) is 2.52. The Labute approximate surface area is 136 Å². The SMILES string of the molecule is CC(C)CNC(=O)C1CCCN(C(=O)c2ccc(Cl)cc2)C1. The molecule has 0 bridgehead atoms. The Morgan fingerprint density at radius 2 is 2.00 bits per heavy atom. The number of piperidine rings is 1. The number of carbonyl (C=O) groups excluding carboxylic acids is 2. The molecule has 1 aliphatic heterocycles. The van der Waals surface area contributed by atoms with Crippen LogP contribution in [-0.4, -0.2) is 36.3 Å². The summed E-state index contributed by atoms with van der Waals surface area (Å²) < 4.78 is 0. The Morgan fingerprint density at radius 3 is 2.64 bits per heavy atom. The van der Waals surface area contributed by atoms with Gasteiger partial charge in [-0.2, -0.15) is 0 Å². The lowest BCUT2D eigenvalue weighted by atomic mass is 9.96. The van der Waals surface area contributed by atoms with Gasteiger partial charge in [0.2, 0.25) is 5.91 Å². The number of benzene rings is 1. The Morgan fingerprint density at radius 1 is 1.32 bits per heavy atom. The summed E-state index contributed by atoms with van der Waals surface area (Å²) in [6.07, 6.45) is 1.70. The molecule has 0 radical (unpaired) electrons. The average molecular weight is 323 g/mol. The standard InChI is InChI=1S/C17H23ClN2O2/c1-12(2)10-19-16(21)14-4-3-9-20(11-14)17(22)13-5-7-15(18)8-6-13/h5-8,12,14H,3-4,9-11H2,1-2H3,(H,19,21). The van der Waals surface area contributed by atoms with Crippen LogP contribution in [0.25, 0.3) is 0 Å². The first-order chi connectivity index (χ1) is 10.5. The van der Waals surface area contributed by atoms with Crippen molar-refractivity contribution in [2.24, 2.45) is 11.8 Å². The number of rotatable bonds is 4. The van der Waals surface area contributed by atoms with Gasteiger partial charge in [-0.3, -0.25) is 9.59 Å². The molecule has 1 heterocycles. The van der Waals surface area contributed by atoms with Gasteiger partial charge >= 0.3 is 0 Å². The van der Waals surface area contributed by atoms with E-state index in [0.717, 1.165) is 12.8 Å². The Bertz CT molecular complexity index is 528. The molecular weight excluding hydrogens is 300 g/mol. The van der Waals surface area contributed by atoms with E-state index < -0.39 is 0 Å². The first-order valence-electron chi connectivity index (χ1n) is 7.80. The van der Waals surface area contributed by atoms with Crippen LogP contribution in [0.15, 0.2) is 24.3 Å². The maximum atomic E-state index is 12.5. The first-order valence-corrected chi connectivity index (χ1v) is 8.17. The third-order valence-corrected chi connectivity index (χ3v) is 4.11. The first kappa shape index (κ1) is 16.8. The van der Waals surface area contributed by atoms with Gasteiger partial charge in [0, 0.05) is 30.2 Å². The lowest BCUT2D eigenvalue weighted by molar-refractivity contribution is -0.126. The second-order valence-corrected chi connectivity index (χ2v) is 6.67. The maximum absolute atomic E-state index is 12.5. The normalized spacial score (nSPS) is 18.4. The van der Waals surface area contributed by atoms with Crippen molar-refractivity contribution in [2.45, 2.75) is 26.7 Å².